The molecule has 0 bridgehead atoms. The van der Waals surface area contributed by atoms with Crippen molar-refractivity contribution in [1.82, 2.24) is 0 Å². The third kappa shape index (κ3) is 12.1. The molecule has 0 aliphatic heterocycles. The zero-order valence-corrected chi connectivity index (χ0v) is 8.87. The number of carbonyl (C=O) groups is 1. The summed E-state index contributed by atoms with van der Waals surface area (Å²) >= 11 is 7.23. The first kappa shape index (κ1) is 15.5. The minimum atomic E-state index is -1.19. The third-order valence-electron chi connectivity index (χ3n) is 0.827. The van der Waals surface area contributed by atoms with E-state index >= 15 is 0 Å². The predicted molar refractivity (Wildman–Crippen MR) is 54.2 cm³/mol. The van der Waals surface area contributed by atoms with E-state index in [-0.39, 0.29) is 13.2 Å². The topological polar surface area (TPSA) is 98.0 Å². The molecule has 13 heavy (non-hydrogen) atoms. The molecule has 0 saturated carbocycles. The fraction of sp³-hybridized carbons (Fsp3) is 0.833. The van der Waals surface area contributed by atoms with E-state index in [9.17, 15) is 4.79 Å². The second kappa shape index (κ2) is 7.45. The number of carboxylic acids is 1. The Morgan fingerprint density at radius 2 is 1.62 bits per heavy atom. The predicted octanol–water partition coefficient (Wildman–Crippen LogP) is -1.02. The van der Waals surface area contributed by atoms with Crippen LogP contribution >= 0.6 is 25.3 Å². The van der Waals surface area contributed by atoms with Crippen molar-refractivity contribution in [2.75, 3.05) is 13.2 Å². The Balaban J connectivity index is 0. The largest absolute Gasteiger partial charge is 0.480 e. The summed E-state index contributed by atoms with van der Waals surface area (Å²) in [6.07, 6.45) is -0.954. The molecule has 0 amide bonds. The number of carboxylic acid groups (broad SMARTS) is 1. The molecule has 0 heterocycles. The van der Waals surface area contributed by atoms with Crippen LogP contribution in [0, 0.1) is 0 Å². The molecule has 0 aliphatic carbocycles. The minimum Gasteiger partial charge on any atom is -0.480 e. The van der Waals surface area contributed by atoms with Crippen LogP contribution in [0.3, 0.4) is 0 Å². The van der Waals surface area contributed by atoms with Gasteiger partial charge in [0.1, 0.15) is 10.2 Å². The molecule has 0 radical (unpaired) electrons. The van der Waals surface area contributed by atoms with Crippen LogP contribution in [0.5, 0.6) is 0 Å². The lowest BCUT2D eigenvalue weighted by molar-refractivity contribution is -0.136. The van der Waals surface area contributed by atoms with E-state index in [4.69, 9.17) is 20.4 Å². The van der Waals surface area contributed by atoms with E-state index in [0.717, 1.165) is 0 Å². The highest BCUT2D eigenvalue weighted by Crippen LogP contribution is 2.16. The standard InChI is InChI=1S/C3H8O3.C3H6O2S2/c4-1-3(6)2-5;1-3(6,7)2(4)5/h3-6H,1-2H2;6-7H,1H3,(H,4,5). The van der Waals surface area contributed by atoms with Crippen LogP contribution in [0.15, 0.2) is 0 Å². The first-order chi connectivity index (χ1) is 5.75. The first-order valence-corrected chi connectivity index (χ1v) is 4.23. The molecule has 0 aromatic heterocycles. The highest BCUT2D eigenvalue weighted by molar-refractivity contribution is 8.01. The van der Waals surface area contributed by atoms with E-state index in [2.05, 4.69) is 25.3 Å². The molecule has 0 atom stereocenters. The molecule has 5 nitrogen and oxygen atoms in total. The molecular formula is C6H14O5S2. The van der Waals surface area contributed by atoms with Crippen molar-refractivity contribution < 1.29 is 25.2 Å². The third-order valence-corrected chi connectivity index (χ3v) is 1.21. The van der Waals surface area contributed by atoms with Crippen LogP contribution in [-0.4, -0.2) is 49.8 Å². The molecular weight excluding hydrogens is 216 g/mol. The summed E-state index contributed by atoms with van der Waals surface area (Å²) in [7, 11) is 0. The maximum absolute atomic E-state index is 9.87. The van der Waals surface area contributed by atoms with Crippen LogP contribution in [0.2, 0.25) is 0 Å². The van der Waals surface area contributed by atoms with Crippen molar-refractivity contribution in [3.05, 3.63) is 0 Å². The van der Waals surface area contributed by atoms with Crippen molar-refractivity contribution in [3.63, 3.8) is 0 Å². The Morgan fingerprint density at radius 3 is 1.62 bits per heavy atom. The average Bonchev–Trinajstić information content (AvgIpc) is 2.02. The van der Waals surface area contributed by atoms with Crippen LogP contribution in [0.25, 0.3) is 0 Å². The van der Waals surface area contributed by atoms with Crippen molar-refractivity contribution in [1.29, 1.82) is 0 Å². The maximum atomic E-state index is 9.87. The molecule has 0 unspecified atom stereocenters. The summed E-state index contributed by atoms with van der Waals surface area (Å²) in [5, 5.41) is 32.1. The fourth-order valence-electron chi connectivity index (χ4n) is 0.0577. The molecule has 4 N–H and O–H groups in total. The summed E-state index contributed by atoms with van der Waals surface area (Å²) in [5.74, 6) is -1.03. The molecule has 0 saturated heterocycles. The molecule has 80 valence electrons. The van der Waals surface area contributed by atoms with Gasteiger partial charge < -0.3 is 20.4 Å². The molecule has 0 aromatic carbocycles. The van der Waals surface area contributed by atoms with Gasteiger partial charge in [0, 0.05) is 0 Å². The fourth-order valence-corrected chi connectivity index (χ4v) is 0.0577. The van der Waals surface area contributed by atoms with Gasteiger partial charge in [0.25, 0.3) is 0 Å². The Hall–Kier alpha value is 0.0500. The van der Waals surface area contributed by atoms with Crippen molar-refractivity contribution in [3.8, 4) is 0 Å². The smallest absolute Gasteiger partial charge is 0.329 e. The van der Waals surface area contributed by atoms with E-state index in [0.29, 0.717) is 0 Å². The van der Waals surface area contributed by atoms with Crippen LogP contribution in [0.1, 0.15) is 6.92 Å². The summed E-state index contributed by atoms with van der Waals surface area (Å²) in [4.78, 5) is 9.87. The zero-order chi connectivity index (χ0) is 11.1. The van der Waals surface area contributed by atoms with Gasteiger partial charge in [-0.2, -0.15) is 25.3 Å². The van der Waals surface area contributed by atoms with Crippen molar-refractivity contribution >= 4 is 31.2 Å². The highest BCUT2D eigenvalue weighted by atomic mass is 32.2. The maximum Gasteiger partial charge on any atom is 0.329 e. The first-order valence-electron chi connectivity index (χ1n) is 3.33. The van der Waals surface area contributed by atoms with Gasteiger partial charge in [0.05, 0.1) is 13.2 Å². The van der Waals surface area contributed by atoms with Gasteiger partial charge >= 0.3 is 5.97 Å². The molecule has 0 spiro atoms. The van der Waals surface area contributed by atoms with Crippen LogP contribution in [0.4, 0.5) is 0 Å². The zero-order valence-electron chi connectivity index (χ0n) is 7.08. The summed E-state index contributed by atoms with van der Waals surface area (Å²) in [6.45, 7) is 0.661. The van der Waals surface area contributed by atoms with Crippen molar-refractivity contribution in [2.24, 2.45) is 0 Å². The molecule has 7 heteroatoms. The van der Waals surface area contributed by atoms with Gasteiger partial charge in [-0.15, -0.1) is 0 Å². The Kier molecular flexibility index (Phi) is 8.90. The monoisotopic (exact) mass is 230 g/mol. The minimum absolute atomic E-state index is 0.365. The van der Waals surface area contributed by atoms with Gasteiger partial charge in [-0.05, 0) is 6.92 Å². The van der Waals surface area contributed by atoms with E-state index < -0.39 is 16.2 Å². The van der Waals surface area contributed by atoms with Crippen LogP contribution in [-0.2, 0) is 4.79 Å². The van der Waals surface area contributed by atoms with E-state index in [1.807, 2.05) is 0 Å². The summed E-state index contributed by atoms with van der Waals surface area (Å²) < 4.78 is -1.19. The SMILES string of the molecule is CC(S)(S)C(=O)O.OCC(O)CO. The lowest BCUT2D eigenvalue weighted by atomic mass is 10.4. The second-order valence-corrected chi connectivity index (χ2v) is 4.49. The Bertz CT molecular complexity index is 140. The number of aliphatic hydroxyl groups excluding tert-OH is 3. The van der Waals surface area contributed by atoms with Gasteiger partial charge in [0.2, 0.25) is 0 Å². The molecule has 0 aromatic rings. The van der Waals surface area contributed by atoms with E-state index in [1.54, 1.807) is 0 Å². The van der Waals surface area contributed by atoms with Crippen LogP contribution < -0.4 is 0 Å². The number of thiol groups is 2. The van der Waals surface area contributed by atoms with Crippen molar-refractivity contribution in [2.45, 2.75) is 17.1 Å². The summed E-state index contributed by atoms with van der Waals surface area (Å²) in [5.41, 5.74) is 0. The Labute approximate surface area is 87.2 Å². The van der Waals surface area contributed by atoms with Gasteiger partial charge in [-0.3, -0.25) is 0 Å². The molecule has 0 aliphatic rings. The highest BCUT2D eigenvalue weighted by Gasteiger charge is 2.21. The summed E-state index contributed by atoms with van der Waals surface area (Å²) in [6, 6.07) is 0. The van der Waals surface area contributed by atoms with Gasteiger partial charge in [-0.25, -0.2) is 4.79 Å². The number of aliphatic hydroxyl groups is 3. The number of aliphatic carboxylic acids is 1. The number of hydrogen-bond acceptors (Lipinski definition) is 6. The lowest BCUT2D eigenvalue weighted by Crippen LogP contribution is -2.20. The quantitative estimate of drug-likeness (QED) is 0.275. The average molecular weight is 230 g/mol. The molecule has 0 rings (SSSR count). The number of hydrogen-bond donors (Lipinski definition) is 6. The van der Waals surface area contributed by atoms with Gasteiger partial charge in [-0.1, -0.05) is 0 Å². The number of rotatable bonds is 3. The Morgan fingerprint density at radius 1 is 1.38 bits per heavy atom. The molecule has 0 fully saturated rings. The lowest BCUT2D eigenvalue weighted by Gasteiger charge is -2.06. The second-order valence-electron chi connectivity index (χ2n) is 2.34. The normalized spacial score (nSPS) is 10.7. The van der Waals surface area contributed by atoms with Gasteiger partial charge in [0.15, 0.2) is 0 Å². The van der Waals surface area contributed by atoms with E-state index in [1.165, 1.54) is 6.92 Å².